The number of benzene rings is 2. The van der Waals surface area contributed by atoms with Gasteiger partial charge in [-0.2, -0.15) is 0 Å². The maximum Gasteiger partial charge on any atom is 0.337 e. The number of aromatic carboxylic acids is 1. The molecule has 0 aliphatic carbocycles. The van der Waals surface area contributed by atoms with Crippen LogP contribution in [0, 0.1) is 13.8 Å². The maximum absolute atomic E-state index is 12.9. The quantitative estimate of drug-likeness (QED) is 0.498. The molecule has 9 heteroatoms. The number of phenols is 1. The highest BCUT2D eigenvalue weighted by atomic mass is 35.5. The number of anilines is 1. The van der Waals surface area contributed by atoms with Gasteiger partial charge in [0.2, 0.25) is 0 Å². The highest BCUT2D eigenvalue weighted by Gasteiger charge is 2.36. The van der Waals surface area contributed by atoms with E-state index in [1.54, 1.807) is 12.1 Å². The third-order valence-electron chi connectivity index (χ3n) is 5.10. The van der Waals surface area contributed by atoms with E-state index in [0.717, 1.165) is 33.6 Å². The molecule has 3 aromatic rings. The molecular formula is C23H17ClN2O5S. The average molecular weight is 469 g/mol. The number of hydrogen-bond donors (Lipinski definition) is 2. The summed E-state index contributed by atoms with van der Waals surface area (Å²) in [7, 11) is 0. The van der Waals surface area contributed by atoms with Crippen LogP contribution in [0.15, 0.2) is 53.4 Å². The SMILES string of the molecule is Cc1cc(/C=C2\SC(=O)N(c3ccc(O)cc3)C2=O)c(C)n1-c1ccc(Cl)c(C(=O)O)c1. The van der Waals surface area contributed by atoms with Gasteiger partial charge in [-0.25, -0.2) is 9.69 Å². The Labute approximate surface area is 192 Å². The molecule has 162 valence electrons. The molecule has 1 fully saturated rings. The van der Waals surface area contributed by atoms with Gasteiger partial charge in [-0.05, 0) is 85.8 Å². The first kappa shape index (κ1) is 21.7. The van der Waals surface area contributed by atoms with E-state index in [1.165, 1.54) is 36.4 Å². The van der Waals surface area contributed by atoms with Gasteiger partial charge < -0.3 is 14.8 Å². The maximum atomic E-state index is 12.9. The number of carboxylic acid groups (broad SMARTS) is 1. The fourth-order valence-electron chi connectivity index (χ4n) is 3.58. The standard InChI is InChI=1S/C23H17ClN2O5S/c1-12-9-14(13(2)25(12)16-5-8-19(24)18(11-16)22(29)30)10-20-21(28)26(23(31)32-20)15-3-6-17(27)7-4-15/h3-11,27H,1-2H3,(H,29,30)/b20-10-. The zero-order valence-electron chi connectivity index (χ0n) is 17.0. The summed E-state index contributed by atoms with van der Waals surface area (Å²) in [5.74, 6) is -1.53. The number of thioether (sulfide) groups is 1. The summed E-state index contributed by atoms with van der Waals surface area (Å²) < 4.78 is 1.86. The van der Waals surface area contributed by atoms with Crippen molar-refractivity contribution in [3.05, 3.63) is 81.0 Å². The van der Waals surface area contributed by atoms with Crippen LogP contribution in [0.4, 0.5) is 10.5 Å². The summed E-state index contributed by atoms with van der Waals surface area (Å²) in [6.07, 6.45) is 1.65. The van der Waals surface area contributed by atoms with Gasteiger partial charge in [-0.15, -0.1) is 0 Å². The molecule has 32 heavy (non-hydrogen) atoms. The molecule has 2 amide bonds. The van der Waals surface area contributed by atoms with Gasteiger partial charge in [0.25, 0.3) is 11.1 Å². The molecule has 0 saturated carbocycles. The largest absolute Gasteiger partial charge is 0.508 e. The number of halogens is 1. The van der Waals surface area contributed by atoms with E-state index < -0.39 is 17.1 Å². The number of amides is 2. The molecule has 4 rings (SSSR count). The van der Waals surface area contributed by atoms with Crippen LogP contribution < -0.4 is 4.90 Å². The Morgan fingerprint density at radius 2 is 1.69 bits per heavy atom. The Bertz CT molecular complexity index is 1310. The Hall–Kier alpha value is -3.49. The lowest BCUT2D eigenvalue weighted by Gasteiger charge is -2.12. The van der Waals surface area contributed by atoms with Crippen molar-refractivity contribution in [2.45, 2.75) is 13.8 Å². The molecule has 0 bridgehead atoms. The van der Waals surface area contributed by atoms with E-state index in [9.17, 15) is 24.6 Å². The molecule has 0 radical (unpaired) electrons. The smallest absolute Gasteiger partial charge is 0.337 e. The average Bonchev–Trinajstić information content (AvgIpc) is 3.17. The van der Waals surface area contributed by atoms with Crippen LogP contribution in [0.1, 0.15) is 27.3 Å². The number of carbonyl (C=O) groups excluding carboxylic acids is 2. The first-order valence-corrected chi connectivity index (χ1v) is 10.7. The Morgan fingerprint density at radius 3 is 2.34 bits per heavy atom. The van der Waals surface area contributed by atoms with Crippen LogP contribution in [0.25, 0.3) is 11.8 Å². The Kier molecular flexibility index (Phi) is 5.58. The molecule has 7 nitrogen and oxygen atoms in total. The summed E-state index contributed by atoms with van der Waals surface area (Å²) in [5, 5.41) is 18.5. The van der Waals surface area contributed by atoms with Crippen molar-refractivity contribution in [3.8, 4) is 11.4 Å². The number of nitrogens with zero attached hydrogens (tertiary/aromatic N) is 2. The van der Waals surface area contributed by atoms with E-state index in [2.05, 4.69) is 0 Å². The van der Waals surface area contributed by atoms with E-state index in [0.29, 0.717) is 11.4 Å². The fourth-order valence-corrected chi connectivity index (χ4v) is 4.61. The highest BCUT2D eigenvalue weighted by Crippen LogP contribution is 2.37. The Morgan fingerprint density at radius 1 is 1.03 bits per heavy atom. The lowest BCUT2D eigenvalue weighted by molar-refractivity contribution is -0.113. The third-order valence-corrected chi connectivity index (χ3v) is 6.30. The second-order valence-electron chi connectivity index (χ2n) is 7.16. The first-order chi connectivity index (χ1) is 15.2. The number of phenolic OH excluding ortho intramolecular Hbond substituents is 1. The molecule has 1 saturated heterocycles. The van der Waals surface area contributed by atoms with Crippen molar-refractivity contribution in [1.29, 1.82) is 0 Å². The number of aromatic nitrogens is 1. The fraction of sp³-hybridized carbons (Fsp3) is 0.0870. The molecule has 1 aliphatic heterocycles. The van der Waals surface area contributed by atoms with Gasteiger partial charge in [-0.1, -0.05) is 11.6 Å². The van der Waals surface area contributed by atoms with Gasteiger partial charge in [0.05, 0.1) is 21.2 Å². The summed E-state index contributed by atoms with van der Waals surface area (Å²) in [4.78, 5) is 38.2. The summed E-state index contributed by atoms with van der Waals surface area (Å²) in [5.41, 5.74) is 3.32. The number of rotatable bonds is 4. The molecule has 0 atom stereocenters. The van der Waals surface area contributed by atoms with E-state index in [1.807, 2.05) is 24.5 Å². The predicted octanol–water partition coefficient (Wildman–Crippen LogP) is 5.39. The van der Waals surface area contributed by atoms with E-state index >= 15 is 0 Å². The minimum atomic E-state index is -1.12. The molecule has 2 heterocycles. The second-order valence-corrected chi connectivity index (χ2v) is 8.57. The summed E-state index contributed by atoms with van der Waals surface area (Å²) in [6.45, 7) is 3.71. The number of hydrogen-bond acceptors (Lipinski definition) is 5. The van der Waals surface area contributed by atoms with Crippen LogP contribution in [0.5, 0.6) is 5.75 Å². The third kappa shape index (κ3) is 3.79. The van der Waals surface area contributed by atoms with Crippen LogP contribution in [-0.4, -0.2) is 31.9 Å². The minimum absolute atomic E-state index is 0.00626. The van der Waals surface area contributed by atoms with Crippen LogP contribution in [0.2, 0.25) is 5.02 Å². The minimum Gasteiger partial charge on any atom is -0.508 e. The molecule has 2 aromatic carbocycles. The molecule has 1 aromatic heterocycles. The van der Waals surface area contributed by atoms with E-state index in [4.69, 9.17) is 11.6 Å². The lowest BCUT2D eigenvalue weighted by atomic mass is 10.2. The number of carboxylic acids is 1. The monoisotopic (exact) mass is 468 g/mol. The van der Waals surface area contributed by atoms with Crippen molar-refractivity contribution >= 4 is 52.2 Å². The van der Waals surface area contributed by atoms with Crippen LogP contribution in [0.3, 0.4) is 0 Å². The first-order valence-electron chi connectivity index (χ1n) is 9.46. The van der Waals surface area contributed by atoms with Crippen molar-refractivity contribution in [1.82, 2.24) is 4.57 Å². The molecule has 0 spiro atoms. The lowest BCUT2D eigenvalue weighted by Crippen LogP contribution is -2.27. The number of aromatic hydroxyl groups is 1. The number of imide groups is 1. The molecule has 0 unspecified atom stereocenters. The topological polar surface area (TPSA) is 99.8 Å². The molecule has 2 N–H and O–H groups in total. The van der Waals surface area contributed by atoms with Crippen molar-refractivity contribution in [2.75, 3.05) is 4.90 Å². The number of carbonyl (C=O) groups is 3. The van der Waals surface area contributed by atoms with Crippen molar-refractivity contribution < 1.29 is 24.6 Å². The zero-order valence-corrected chi connectivity index (χ0v) is 18.6. The van der Waals surface area contributed by atoms with Crippen LogP contribution in [-0.2, 0) is 4.79 Å². The van der Waals surface area contributed by atoms with Gasteiger partial charge in [0, 0.05) is 17.1 Å². The number of aryl methyl sites for hydroxylation is 1. The van der Waals surface area contributed by atoms with Crippen molar-refractivity contribution in [2.24, 2.45) is 0 Å². The van der Waals surface area contributed by atoms with Gasteiger partial charge in [-0.3, -0.25) is 9.59 Å². The van der Waals surface area contributed by atoms with Gasteiger partial charge in [0.15, 0.2) is 0 Å². The van der Waals surface area contributed by atoms with Crippen molar-refractivity contribution in [3.63, 3.8) is 0 Å². The van der Waals surface area contributed by atoms with Crippen LogP contribution >= 0.6 is 23.4 Å². The predicted molar refractivity (Wildman–Crippen MR) is 124 cm³/mol. The zero-order chi connectivity index (χ0) is 23.2. The highest BCUT2D eigenvalue weighted by molar-refractivity contribution is 8.19. The summed E-state index contributed by atoms with van der Waals surface area (Å²) >= 11 is 6.82. The molecule has 1 aliphatic rings. The normalized spacial score (nSPS) is 15.1. The van der Waals surface area contributed by atoms with Gasteiger partial charge in [0.1, 0.15) is 5.75 Å². The Balaban J connectivity index is 1.71. The summed E-state index contributed by atoms with van der Waals surface area (Å²) in [6, 6.07) is 12.4. The molecular weight excluding hydrogens is 452 g/mol. The second kappa shape index (κ2) is 8.22. The van der Waals surface area contributed by atoms with Gasteiger partial charge >= 0.3 is 5.97 Å². The van der Waals surface area contributed by atoms with E-state index in [-0.39, 0.29) is 21.2 Å².